The molecule has 0 atom stereocenters. The van der Waals surface area contributed by atoms with Gasteiger partial charge in [0.05, 0.1) is 7.11 Å². The summed E-state index contributed by atoms with van der Waals surface area (Å²) < 4.78 is 18.3. The third-order valence-electron chi connectivity index (χ3n) is 4.89. The summed E-state index contributed by atoms with van der Waals surface area (Å²) in [5.74, 6) is 0.619. The van der Waals surface area contributed by atoms with Crippen LogP contribution in [0.25, 0.3) is 0 Å². The van der Waals surface area contributed by atoms with Gasteiger partial charge in [0, 0.05) is 56.9 Å². The Balaban J connectivity index is 1.38. The highest BCUT2D eigenvalue weighted by Gasteiger charge is 2.18. The highest BCUT2D eigenvalue weighted by molar-refractivity contribution is 5.76. The molecule has 0 radical (unpaired) electrons. The van der Waals surface area contributed by atoms with Crippen LogP contribution in [0.5, 0.6) is 5.75 Å². The Hall–Kier alpha value is -2.60. The Kier molecular flexibility index (Phi) is 6.65. The van der Waals surface area contributed by atoms with E-state index in [0.717, 1.165) is 49.7 Å². The first kappa shape index (κ1) is 19.2. The number of piperazine rings is 1. The molecule has 0 aromatic heterocycles. The van der Waals surface area contributed by atoms with Crippen LogP contribution in [0.15, 0.2) is 48.5 Å². The number of carbonyl (C=O) groups is 1. The van der Waals surface area contributed by atoms with E-state index in [1.54, 1.807) is 7.11 Å². The van der Waals surface area contributed by atoms with Crippen molar-refractivity contribution in [2.24, 2.45) is 0 Å². The first-order valence-electron chi connectivity index (χ1n) is 9.27. The summed E-state index contributed by atoms with van der Waals surface area (Å²) in [6, 6.07) is 14.3. The molecule has 1 saturated heterocycles. The summed E-state index contributed by atoms with van der Waals surface area (Å²) in [5.41, 5.74) is 2.02. The average Bonchev–Trinajstić information content (AvgIpc) is 2.72. The van der Waals surface area contributed by atoms with Crippen LogP contribution in [-0.2, 0) is 11.3 Å². The molecular weight excluding hydrogens is 345 g/mol. The molecule has 5 nitrogen and oxygen atoms in total. The van der Waals surface area contributed by atoms with Crippen LogP contribution < -0.4 is 15.0 Å². The van der Waals surface area contributed by atoms with Gasteiger partial charge in [-0.15, -0.1) is 0 Å². The van der Waals surface area contributed by atoms with Crippen LogP contribution in [0.1, 0.15) is 12.0 Å². The summed E-state index contributed by atoms with van der Waals surface area (Å²) in [7, 11) is 1.63. The molecule has 3 rings (SSSR count). The number of rotatable bonds is 7. The third kappa shape index (κ3) is 5.44. The van der Waals surface area contributed by atoms with E-state index in [9.17, 15) is 9.18 Å². The molecule has 144 valence electrons. The molecule has 0 spiro atoms. The summed E-state index contributed by atoms with van der Waals surface area (Å²) in [5, 5.41) is 2.96. The highest BCUT2D eigenvalue weighted by atomic mass is 19.1. The SMILES string of the molecule is COc1ccccc1CNC(=O)CCN1CCN(c2ccc(F)cc2)CC1. The second-order valence-electron chi connectivity index (χ2n) is 6.64. The monoisotopic (exact) mass is 371 g/mol. The molecule has 1 heterocycles. The number of nitrogens with zero attached hydrogens (tertiary/aromatic N) is 2. The van der Waals surface area contributed by atoms with E-state index in [-0.39, 0.29) is 11.7 Å². The van der Waals surface area contributed by atoms with Gasteiger partial charge in [-0.3, -0.25) is 9.69 Å². The molecule has 2 aromatic rings. The quantitative estimate of drug-likeness (QED) is 0.813. The lowest BCUT2D eigenvalue weighted by molar-refractivity contribution is -0.121. The number of nitrogens with one attached hydrogen (secondary N) is 1. The topological polar surface area (TPSA) is 44.8 Å². The Morgan fingerprint density at radius 2 is 1.78 bits per heavy atom. The summed E-state index contributed by atoms with van der Waals surface area (Å²) in [6.45, 7) is 4.79. The molecule has 1 aliphatic heterocycles. The number of hydrogen-bond donors (Lipinski definition) is 1. The van der Waals surface area contributed by atoms with Crippen molar-refractivity contribution in [3.05, 3.63) is 59.9 Å². The maximum Gasteiger partial charge on any atom is 0.221 e. The Morgan fingerprint density at radius 3 is 2.48 bits per heavy atom. The number of halogens is 1. The zero-order chi connectivity index (χ0) is 19.1. The van der Waals surface area contributed by atoms with Crippen LogP contribution >= 0.6 is 0 Å². The summed E-state index contributed by atoms with van der Waals surface area (Å²) in [4.78, 5) is 16.7. The van der Waals surface area contributed by atoms with E-state index in [1.807, 2.05) is 36.4 Å². The number of carbonyl (C=O) groups excluding carboxylic acids is 1. The lowest BCUT2D eigenvalue weighted by Gasteiger charge is -2.36. The molecule has 1 aliphatic rings. The molecule has 27 heavy (non-hydrogen) atoms. The van der Waals surface area contributed by atoms with Gasteiger partial charge in [0.25, 0.3) is 0 Å². The first-order valence-corrected chi connectivity index (χ1v) is 9.27. The Bertz CT molecular complexity index is 743. The van der Waals surface area contributed by atoms with Gasteiger partial charge in [0.15, 0.2) is 0 Å². The van der Waals surface area contributed by atoms with Crippen LogP contribution in [0.4, 0.5) is 10.1 Å². The molecule has 0 unspecified atom stereocenters. The zero-order valence-electron chi connectivity index (χ0n) is 15.7. The number of anilines is 1. The number of benzene rings is 2. The van der Waals surface area contributed by atoms with Crippen molar-refractivity contribution in [3.63, 3.8) is 0 Å². The predicted molar refractivity (Wildman–Crippen MR) is 105 cm³/mol. The van der Waals surface area contributed by atoms with Crippen molar-refractivity contribution in [1.82, 2.24) is 10.2 Å². The fourth-order valence-electron chi connectivity index (χ4n) is 3.27. The third-order valence-corrected chi connectivity index (χ3v) is 4.89. The van der Waals surface area contributed by atoms with Crippen molar-refractivity contribution < 1.29 is 13.9 Å². The predicted octanol–water partition coefficient (Wildman–Crippen LogP) is 2.66. The summed E-state index contributed by atoms with van der Waals surface area (Å²) in [6.07, 6.45) is 0.478. The van der Waals surface area contributed by atoms with E-state index in [0.29, 0.717) is 13.0 Å². The lowest BCUT2D eigenvalue weighted by atomic mass is 10.2. The molecule has 1 N–H and O–H groups in total. The normalized spacial score (nSPS) is 14.8. The average molecular weight is 371 g/mol. The van der Waals surface area contributed by atoms with Gasteiger partial charge < -0.3 is 15.0 Å². The van der Waals surface area contributed by atoms with Gasteiger partial charge in [0.2, 0.25) is 5.91 Å². The van der Waals surface area contributed by atoms with Gasteiger partial charge in [-0.2, -0.15) is 0 Å². The number of methoxy groups -OCH3 is 1. The number of amides is 1. The van der Waals surface area contributed by atoms with Crippen LogP contribution in [0, 0.1) is 5.82 Å². The van der Waals surface area contributed by atoms with Gasteiger partial charge >= 0.3 is 0 Å². The van der Waals surface area contributed by atoms with Crippen molar-refractivity contribution in [1.29, 1.82) is 0 Å². The van der Waals surface area contributed by atoms with E-state index in [4.69, 9.17) is 4.74 Å². The standard InChI is InChI=1S/C21H26FN3O2/c1-27-20-5-3-2-4-17(20)16-23-21(26)10-11-24-12-14-25(15-13-24)19-8-6-18(22)7-9-19/h2-9H,10-16H2,1H3,(H,23,26). The Morgan fingerprint density at radius 1 is 1.07 bits per heavy atom. The minimum atomic E-state index is -0.212. The van der Waals surface area contributed by atoms with Gasteiger partial charge in [-0.25, -0.2) is 4.39 Å². The molecule has 1 amide bonds. The Labute approximate surface area is 159 Å². The molecule has 1 fully saturated rings. The highest BCUT2D eigenvalue weighted by Crippen LogP contribution is 2.18. The van der Waals surface area contributed by atoms with Crippen molar-refractivity contribution in [2.75, 3.05) is 44.7 Å². The minimum absolute atomic E-state index is 0.0434. The molecular formula is C21H26FN3O2. The second-order valence-corrected chi connectivity index (χ2v) is 6.64. The smallest absolute Gasteiger partial charge is 0.221 e. The van der Waals surface area contributed by atoms with Crippen molar-refractivity contribution >= 4 is 11.6 Å². The molecule has 2 aromatic carbocycles. The number of ether oxygens (including phenoxy) is 1. The molecule has 6 heteroatoms. The maximum atomic E-state index is 13.0. The van der Waals surface area contributed by atoms with Gasteiger partial charge in [-0.1, -0.05) is 18.2 Å². The van der Waals surface area contributed by atoms with Crippen molar-refractivity contribution in [2.45, 2.75) is 13.0 Å². The van der Waals surface area contributed by atoms with E-state index >= 15 is 0 Å². The fourth-order valence-corrected chi connectivity index (χ4v) is 3.27. The summed E-state index contributed by atoms with van der Waals surface area (Å²) >= 11 is 0. The lowest BCUT2D eigenvalue weighted by Crippen LogP contribution is -2.47. The van der Waals surface area contributed by atoms with Gasteiger partial charge in [-0.05, 0) is 30.3 Å². The second kappa shape index (κ2) is 9.37. The van der Waals surface area contributed by atoms with Crippen LogP contribution in [-0.4, -0.2) is 50.6 Å². The fraction of sp³-hybridized carbons (Fsp3) is 0.381. The first-order chi connectivity index (χ1) is 13.2. The van der Waals surface area contributed by atoms with Crippen LogP contribution in [0.3, 0.4) is 0 Å². The molecule has 0 aliphatic carbocycles. The maximum absolute atomic E-state index is 13.0. The van der Waals surface area contributed by atoms with Gasteiger partial charge in [0.1, 0.15) is 11.6 Å². The zero-order valence-corrected chi connectivity index (χ0v) is 15.7. The number of hydrogen-bond acceptors (Lipinski definition) is 4. The molecule has 0 saturated carbocycles. The molecule has 0 bridgehead atoms. The minimum Gasteiger partial charge on any atom is -0.496 e. The van der Waals surface area contributed by atoms with E-state index < -0.39 is 0 Å². The largest absolute Gasteiger partial charge is 0.496 e. The van der Waals surface area contributed by atoms with Crippen molar-refractivity contribution in [3.8, 4) is 5.75 Å². The number of para-hydroxylation sites is 1. The van der Waals surface area contributed by atoms with E-state index in [1.165, 1.54) is 12.1 Å². The van der Waals surface area contributed by atoms with E-state index in [2.05, 4.69) is 15.1 Å². The van der Waals surface area contributed by atoms with Crippen LogP contribution in [0.2, 0.25) is 0 Å².